The normalized spacial score (nSPS) is 11.1. The second kappa shape index (κ2) is 9.96. The van der Waals surface area contributed by atoms with Gasteiger partial charge in [0.05, 0.1) is 7.11 Å². The number of carbonyl (C=O) groups excluding carboxylic acids is 3. The third-order valence-corrected chi connectivity index (χ3v) is 3.57. The molecule has 148 valence electrons. The molecule has 0 aromatic heterocycles. The topological polar surface area (TPSA) is 103 Å². The molecule has 2 aromatic carbocycles. The number of esters is 1. The van der Waals surface area contributed by atoms with Gasteiger partial charge in [-0.15, -0.1) is 0 Å². The van der Waals surface area contributed by atoms with E-state index in [-0.39, 0.29) is 12.5 Å². The number of carbonyl (C=O) groups is 3. The van der Waals surface area contributed by atoms with Crippen LogP contribution < -0.4 is 20.1 Å². The third kappa shape index (κ3) is 6.64. The van der Waals surface area contributed by atoms with Crippen LogP contribution in [0.2, 0.25) is 0 Å². The largest absolute Gasteiger partial charge is 0.497 e. The van der Waals surface area contributed by atoms with Crippen molar-refractivity contribution in [2.45, 2.75) is 20.0 Å². The molecule has 2 aromatic rings. The highest BCUT2D eigenvalue weighted by Gasteiger charge is 2.18. The number of methoxy groups -OCH3 is 1. The third-order valence-electron chi connectivity index (χ3n) is 3.57. The molecule has 0 fully saturated rings. The smallest absolute Gasteiger partial charge is 0.344 e. The fourth-order valence-corrected chi connectivity index (χ4v) is 2.18. The Balaban J connectivity index is 1.78. The molecule has 2 N–H and O–H groups in total. The van der Waals surface area contributed by atoms with E-state index >= 15 is 0 Å². The molecule has 0 bridgehead atoms. The Morgan fingerprint density at radius 1 is 0.893 bits per heavy atom. The van der Waals surface area contributed by atoms with E-state index in [1.165, 1.54) is 13.8 Å². The zero-order chi connectivity index (χ0) is 20.5. The van der Waals surface area contributed by atoms with E-state index in [4.69, 9.17) is 14.2 Å². The molecule has 8 nitrogen and oxygen atoms in total. The molecule has 0 unspecified atom stereocenters. The Bertz CT molecular complexity index is 818. The maximum Gasteiger partial charge on any atom is 0.344 e. The number of hydrogen-bond donors (Lipinski definition) is 2. The van der Waals surface area contributed by atoms with Gasteiger partial charge in [-0.2, -0.15) is 0 Å². The van der Waals surface area contributed by atoms with Gasteiger partial charge in [0.1, 0.15) is 11.5 Å². The van der Waals surface area contributed by atoms with Crippen LogP contribution in [0.1, 0.15) is 13.8 Å². The van der Waals surface area contributed by atoms with Crippen molar-refractivity contribution in [1.82, 2.24) is 0 Å². The first-order valence-corrected chi connectivity index (χ1v) is 8.52. The summed E-state index contributed by atoms with van der Waals surface area (Å²) in [5, 5.41) is 5.26. The van der Waals surface area contributed by atoms with Crippen LogP contribution in [-0.2, 0) is 19.1 Å². The van der Waals surface area contributed by atoms with E-state index in [9.17, 15) is 14.4 Å². The quantitative estimate of drug-likeness (QED) is 0.676. The number of ether oxygens (including phenoxy) is 3. The van der Waals surface area contributed by atoms with Gasteiger partial charge in [-0.3, -0.25) is 9.59 Å². The molecule has 0 radical (unpaired) electrons. The lowest BCUT2D eigenvalue weighted by Crippen LogP contribution is -2.31. The van der Waals surface area contributed by atoms with Crippen molar-refractivity contribution in [2.75, 3.05) is 24.4 Å². The molecule has 0 saturated heterocycles. The molecule has 1 atom stereocenters. The molecular formula is C20H22N2O6. The fourth-order valence-electron chi connectivity index (χ4n) is 2.18. The van der Waals surface area contributed by atoms with Gasteiger partial charge in [0.15, 0.2) is 12.7 Å². The second-order valence-electron chi connectivity index (χ2n) is 5.84. The van der Waals surface area contributed by atoms with Crippen molar-refractivity contribution >= 4 is 29.2 Å². The number of hydrogen-bond acceptors (Lipinski definition) is 6. The van der Waals surface area contributed by atoms with Gasteiger partial charge in [0, 0.05) is 18.3 Å². The molecule has 28 heavy (non-hydrogen) atoms. The zero-order valence-corrected chi connectivity index (χ0v) is 15.9. The van der Waals surface area contributed by atoms with E-state index in [0.29, 0.717) is 22.9 Å². The molecule has 8 heteroatoms. The van der Waals surface area contributed by atoms with Crippen LogP contribution in [0, 0.1) is 0 Å². The van der Waals surface area contributed by atoms with Crippen LogP contribution in [0.5, 0.6) is 11.5 Å². The van der Waals surface area contributed by atoms with E-state index in [0.717, 1.165) is 0 Å². The van der Waals surface area contributed by atoms with Crippen LogP contribution in [0.4, 0.5) is 11.4 Å². The Morgan fingerprint density at radius 3 is 1.96 bits per heavy atom. The SMILES string of the molecule is COc1ccc(OCC(=O)O[C@H](C)C(=O)Nc2ccc(NC(C)=O)cc2)cc1. The average Bonchev–Trinajstić information content (AvgIpc) is 2.67. The predicted molar refractivity (Wildman–Crippen MR) is 103 cm³/mol. The Morgan fingerprint density at radius 2 is 1.43 bits per heavy atom. The highest BCUT2D eigenvalue weighted by molar-refractivity contribution is 5.95. The lowest BCUT2D eigenvalue weighted by Gasteiger charge is -2.14. The molecule has 2 amide bonds. The molecule has 0 aliphatic heterocycles. The maximum atomic E-state index is 12.1. The minimum absolute atomic E-state index is 0.186. The van der Waals surface area contributed by atoms with Crippen molar-refractivity contribution in [3.8, 4) is 11.5 Å². The van der Waals surface area contributed by atoms with Crippen LogP contribution in [0.3, 0.4) is 0 Å². The van der Waals surface area contributed by atoms with Gasteiger partial charge in [0.25, 0.3) is 5.91 Å². The average molecular weight is 386 g/mol. The number of benzene rings is 2. The van der Waals surface area contributed by atoms with Crippen LogP contribution in [0.15, 0.2) is 48.5 Å². The molecule has 2 rings (SSSR count). The van der Waals surface area contributed by atoms with Crippen molar-refractivity contribution in [1.29, 1.82) is 0 Å². The number of amides is 2. The highest BCUT2D eigenvalue weighted by Crippen LogP contribution is 2.17. The number of nitrogens with one attached hydrogen (secondary N) is 2. The van der Waals surface area contributed by atoms with E-state index in [2.05, 4.69) is 10.6 Å². The first kappa shape index (κ1) is 20.8. The first-order chi connectivity index (χ1) is 13.4. The molecule has 0 aliphatic carbocycles. The summed E-state index contributed by atoms with van der Waals surface area (Å²) < 4.78 is 15.4. The molecule has 0 spiro atoms. The van der Waals surface area contributed by atoms with Crippen molar-refractivity contribution in [2.24, 2.45) is 0 Å². The summed E-state index contributed by atoms with van der Waals surface area (Å²) in [6, 6.07) is 13.3. The molecular weight excluding hydrogens is 364 g/mol. The highest BCUT2D eigenvalue weighted by atomic mass is 16.6. The number of rotatable bonds is 8. The minimum Gasteiger partial charge on any atom is -0.497 e. The lowest BCUT2D eigenvalue weighted by molar-refractivity contribution is -0.155. The van der Waals surface area contributed by atoms with Gasteiger partial charge < -0.3 is 24.8 Å². The fraction of sp³-hybridized carbons (Fsp3) is 0.250. The van der Waals surface area contributed by atoms with E-state index < -0.39 is 18.0 Å². The van der Waals surface area contributed by atoms with Crippen molar-refractivity contribution in [3.63, 3.8) is 0 Å². The van der Waals surface area contributed by atoms with Gasteiger partial charge in [-0.1, -0.05) is 0 Å². The number of anilines is 2. The Labute approximate surface area is 162 Å². The second-order valence-corrected chi connectivity index (χ2v) is 5.84. The lowest BCUT2D eigenvalue weighted by atomic mass is 10.2. The van der Waals surface area contributed by atoms with E-state index in [1.54, 1.807) is 55.6 Å². The summed E-state index contributed by atoms with van der Waals surface area (Å²) in [5.74, 6) is -0.182. The molecule has 0 heterocycles. The molecule has 0 saturated carbocycles. The van der Waals surface area contributed by atoms with E-state index in [1.807, 2.05) is 0 Å². The Hall–Kier alpha value is -3.55. The summed E-state index contributed by atoms with van der Waals surface area (Å²) >= 11 is 0. The maximum absolute atomic E-state index is 12.1. The summed E-state index contributed by atoms with van der Waals surface area (Å²) in [4.78, 5) is 35.0. The monoisotopic (exact) mass is 386 g/mol. The van der Waals surface area contributed by atoms with Gasteiger partial charge >= 0.3 is 5.97 Å². The minimum atomic E-state index is -0.998. The summed E-state index contributed by atoms with van der Waals surface area (Å²) in [6.45, 7) is 2.55. The summed E-state index contributed by atoms with van der Waals surface area (Å²) in [6.07, 6.45) is -0.998. The van der Waals surface area contributed by atoms with Crippen molar-refractivity contribution < 1.29 is 28.6 Å². The predicted octanol–water partition coefficient (Wildman–Crippen LogP) is 2.60. The zero-order valence-electron chi connectivity index (χ0n) is 15.9. The van der Waals surface area contributed by atoms with Gasteiger partial charge in [0.2, 0.25) is 5.91 Å². The van der Waals surface area contributed by atoms with Crippen molar-refractivity contribution in [3.05, 3.63) is 48.5 Å². The van der Waals surface area contributed by atoms with Gasteiger partial charge in [-0.05, 0) is 55.5 Å². The van der Waals surface area contributed by atoms with Gasteiger partial charge in [-0.25, -0.2) is 4.79 Å². The molecule has 0 aliphatic rings. The van der Waals surface area contributed by atoms with Crippen LogP contribution in [-0.4, -0.2) is 37.6 Å². The van der Waals surface area contributed by atoms with Crippen LogP contribution >= 0.6 is 0 Å². The Kier molecular flexibility index (Phi) is 7.38. The van der Waals surface area contributed by atoms with Crippen LogP contribution in [0.25, 0.3) is 0 Å². The summed E-state index contributed by atoms with van der Waals surface area (Å²) in [7, 11) is 1.55. The first-order valence-electron chi connectivity index (χ1n) is 8.52. The summed E-state index contributed by atoms with van der Waals surface area (Å²) in [5.41, 5.74) is 1.12. The standard InChI is InChI=1S/C20H22N2O6/c1-13(20(25)22-16-6-4-15(5-7-16)21-14(2)23)28-19(24)12-27-18-10-8-17(26-3)9-11-18/h4-11,13H,12H2,1-3H3,(H,21,23)(H,22,25)/t13-/m1/s1.